The zero-order chi connectivity index (χ0) is 14.4. The topological polar surface area (TPSA) is 84.4 Å². The summed E-state index contributed by atoms with van der Waals surface area (Å²) in [5.74, 6) is -0.450. The standard InChI is InChI=1S/C15H24N4O/c16-14(15(17)20)9-18-13-7-4-8-19(11-13)10-12-5-2-1-3-6-12/h1-3,5-6,13-14,18H,4,7-11,16H2,(H2,17,20). The number of primary amides is 1. The van der Waals surface area contributed by atoms with E-state index in [0.717, 1.165) is 32.5 Å². The molecule has 5 N–H and O–H groups in total. The monoisotopic (exact) mass is 276 g/mol. The van der Waals surface area contributed by atoms with E-state index >= 15 is 0 Å². The first-order valence-corrected chi connectivity index (χ1v) is 7.19. The minimum Gasteiger partial charge on any atom is -0.368 e. The van der Waals surface area contributed by atoms with Crippen molar-refractivity contribution in [1.29, 1.82) is 0 Å². The number of hydrogen-bond donors (Lipinski definition) is 3. The third-order valence-corrected chi connectivity index (χ3v) is 3.75. The third-order valence-electron chi connectivity index (χ3n) is 3.75. The molecule has 0 spiro atoms. The fourth-order valence-electron chi connectivity index (χ4n) is 2.60. The minimum atomic E-state index is -0.598. The number of piperidine rings is 1. The van der Waals surface area contributed by atoms with Gasteiger partial charge in [0.15, 0.2) is 0 Å². The Morgan fingerprint density at radius 1 is 1.40 bits per heavy atom. The molecule has 1 fully saturated rings. The highest BCUT2D eigenvalue weighted by Crippen LogP contribution is 2.13. The summed E-state index contributed by atoms with van der Waals surface area (Å²) >= 11 is 0. The summed E-state index contributed by atoms with van der Waals surface area (Å²) in [6.45, 7) is 3.54. The molecule has 0 bridgehead atoms. The molecule has 5 nitrogen and oxygen atoms in total. The van der Waals surface area contributed by atoms with E-state index in [4.69, 9.17) is 11.5 Å². The van der Waals surface area contributed by atoms with Crippen molar-refractivity contribution in [2.45, 2.75) is 31.5 Å². The van der Waals surface area contributed by atoms with Gasteiger partial charge in [0.1, 0.15) is 0 Å². The van der Waals surface area contributed by atoms with E-state index in [-0.39, 0.29) is 0 Å². The number of rotatable bonds is 6. The highest BCUT2D eigenvalue weighted by molar-refractivity contribution is 5.79. The van der Waals surface area contributed by atoms with Crippen molar-refractivity contribution < 1.29 is 4.79 Å². The molecule has 0 aliphatic carbocycles. The number of benzene rings is 1. The molecule has 2 atom stereocenters. The molecular formula is C15H24N4O. The summed E-state index contributed by atoms with van der Waals surface area (Å²) in [6.07, 6.45) is 2.28. The van der Waals surface area contributed by atoms with Crippen LogP contribution in [0.1, 0.15) is 18.4 Å². The lowest BCUT2D eigenvalue weighted by Gasteiger charge is -2.33. The van der Waals surface area contributed by atoms with Gasteiger partial charge in [-0.05, 0) is 24.9 Å². The number of likely N-dealkylation sites (tertiary alicyclic amines) is 1. The zero-order valence-electron chi connectivity index (χ0n) is 11.8. The van der Waals surface area contributed by atoms with Crippen LogP contribution in [0.15, 0.2) is 30.3 Å². The van der Waals surface area contributed by atoms with Gasteiger partial charge in [-0.25, -0.2) is 0 Å². The smallest absolute Gasteiger partial charge is 0.235 e. The third kappa shape index (κ3) is 4.59. The van der Waals surface area contributed by atoms with E-state index in [1.54, 1.807) is 0 Å². The molecule has 1 amide bonds. The van der Waals surface area contributed by atoms with Crippen LogP contribution >= 0.6 is 0 Å². The summed E-state index contributed by atoms with van der Waals surface area (Å²) in [7, 11) is 0. The van der Waals surface area contributed by atoms with Crippen LogP contribution in [0.5, 0.6) is 0 Å². The van der Waals surface area contributed by atoms with Gasteiger partial charge in [-0.1, -0.05) is 30.3 Å². The largest absolute Gasteiger partial charge is 0.368 e. The molecule has 2 rings (SSSR count). The van der Waals surface area contributed by atoms with Crippen LogP contribution in [-0.2, 0) is 11.3 Å². The van der Waals surface area contributed by atoms with Gasteiger partial charge in [0.05, 0.1) is 6.04 Å². The molecule has 20 heavy (non-hydrogen) atoms. The minimum absolute atomic E-state index is 0.387. The Hall–Kier alpha value is -1.43. The Balaban J connectivity index is 1.78. The van der Waals surface area contributed by atoms with Crippen molar-refractivity contribution in [3.8, 4) is 0 Å². The molecule has 1 aromatic carbocycles. The molecule has 5 heteroatoms. The van der Waals surface area contributed by atoms with Crippen molar-refractivity contribution in [3.63, 3.8) is 0 Å². The fourth-order valence-corrected chi connectivity index (χ4v) is 2.60. The molecule has 1 aromatic rings. The van der Waals surface area contributed by atoms with Crippen molar-refractivity contribution in [2.75, 3.05) is 19.6 Å². The van der Waals surface area contributed by atoms with Crippen LogP contribution < -0.4 is 16.8 Å². The second-order valence-electron chi connectivity index (χ2n) is 5.48. The van der Waals surface area contributed by atoms with Crippen molar-refractivity contribution in [1.82, 2.24) is 10.2 Å². The highest BCUT2D eigenvalue weighted by atomic mass is 16.1. The molecule has 0 aromatic heterocycles. The van der Waals surface area contributed by atoms with E-state index in [1.165, 1.54) is 5.56 Å². The number of carbonyl (C=O) groups excluding carboxylic acids is 1. The summed E-state index contributed by atoms with van der Waals surface area (Å²) in [5, 5.41) is 3.35. The number of nitrogens with two attached hydrogens (primary N) is 2. The second-order valence-corrected chi connectivity index (χ2v) is 5.48. The van der Waals surface area contributed by atoms with Crippen molar-refractivity contribution in [2.24, 2.45) is 11.5 Å². The van der Waals surface area contributed by atoms with Crippen LogP contribution in [0.2, 0.25) is 0 Å². The molecule has 1 aliphatic heterocycles. The first-order valence-electron chi connectivity index (χ1n) is 7.19. The van der Waals surface area contributed by atoms with Gasteiger partial charge in [-0.3, -0.25) is 9.69 Å². The Morgan fingerprint density at radius 2 is 2.15 bits per heavy atom. The fraction of sp³-hybridized carbons (Fsp3) is 0.533. The van der Waals surface area contributed by atoms with Gasteiger partial charge in [0, 0.05) is 25.7 Å². The molecule has 0 saturated carbocycles. The maximum Gasteiger partial charge on any atom is 0.235 e. The van der Waals surface area contributed by atoms with E-state index in [0.29, 0.717) is 12.6 Å². The van der Waals surface area contributed by atoms with Crippen LogP contribution in [0.3, 0.4) is 0 Å². The van der Waals surface area contributed by atoms with Crippen LogP contribution in [0.25, 0.3) is 0 Å². The average molecular weight is 276 g/mol. The maximum absolute atomic E-state index is 10.9. The van der Waals surface area contributed by atoms with Gasteiger partial charge in [-0.15, -0.1) is 0 Å². The number of hydrogen-bond acceptors (Lipinski definition) is 4. The Kier molecular flexibility index (Phi) is 5.52. The predicted octanol–water partition coefficient (Wildman–Crippen LogP) is 0.0532. The number of amides is 1. The Morgan fingerprint density at radius 3 is 2.85 bits per heavy atom. The first-order chi connectivity index (χ1) is 9.65. The van der Waals surface area contributed by atoms with Gasteiger partial charge in [0.2, 0.25) is 5.91 Å². The summed E-state index contributed by atoms with van der Waals surface area (Å²) in [5.41, 5.74) is 12.1. The van der Waals surface area contributed by atoms with Crippen LogP contribution in [0.4, 0.5) is 0 Å². The lowest BCUT2D eigenvalue weighted by Crippen LogP contribution is -2.51. The van der Waals surface area contributed by atoms with Crippen LogP contribution in [-0.4, -0.2) is 42.5 Å². The Bertz CT molecular complexity index is 423. The second kappa shape index (κ2) is 7.38. The molecule has 1 aliphatic rings. The molecule has 110 valence electrons. The first kappa shape index (κ1) is 15.0. The number of nitrogens with zero attached hydrogens (tertiary/aromatic N) is 1. The molecule has 0 radical (unpaired) electrons. The van der Waals surface area contributed by atoms with Crippen molar-refractivity contribution >= 4 is 5.91 Å². The molecule has 2 unspecified atom stereocenters. The van der Waals surface area contributed by atoms with E-state index < -0.39 is 11.9 Å². The zero-order valence-corrected chi connectivity index (χ0v) is 11.8. The van der Waals surface area contributed by atoms with Gasteiger partial charge in [0.25, 0.3) is 0 Å². The van der Waals surface area contributed by atoms with Crippen molar-refractivity contribution in [3.05, 3.63) is 35.9 Å². The Labute approximate surface area is 120 Å². The SMILES string of the molecule is NC(=O)C(N)CNC1CCCN(Cc2ccccc2)C1. The molecule has 1 saturated heterocycles. The highest BCUT2D eigenvalue weighted by Gasteiger charge is 2.20. The van der Waals surface area contributed by atoms with E-state index in [2.05, 4.69) is 34.5 Å². The molecular weight excluding hydrogens is 252 g/mol. The quantitative estimate of drug-likeness (QED) is 0.685. The normalized spacial score (nSPS) is 21.6. The predicted molar refractivity (Wildman–Crippen MR) is 79.9 cm³/mol. The average Bonchev–Trinajstić information content (AvgIpc) is 2.46. The number of nitrogens with one attached hydrogen (secondary N) is 1. The van der Waals surface area contributed by atoms with Gasteiger partial charge >= 0.3 is 0 Å². The van der Waals surface area contributed by atoms with Crippen LogP contribution in [0, 0.1) is 0 Å². The summed E-state index contributed by atoms with van der Waals surface area (Å²) in [6, 6.07) is 10.3. The lowest BCUT2D eigenvalue weighted by molar-refractivity contribution is -0.119. The van der Waals surface area contributed by atoms with E-state index in [9.17, 15) is 4.79 Å². The van der Waals surface area contributed by atoms with Gasteiger partial charge < -0.3 is 16.8 Å². The summed E-state index contributed by atoms with van der Waals surface area (Å²) < 4.78 is 0. The van der Waals surface area contributed by atoms with Gasteiger partial charge in [-0.2, -0.15) is 0 Å². The van der Waals surface area contributed by atoms with E-state index in [1.807, 2.05) is 6.07 Å². The summed E-state index contributed by atoms with van der Waals surface area (Å²) in [4.78, 5) is 13.4. The molecule has 1 heterocycles. The number of carbonyl (C=O) groups is 1. The maximum atomic E-state index is 10.9. The lowest BCUT2D eigenvalue weighted by atomic mass is 10.0.